The molecular weight excluding hydrogens is 424 g/mol. The molecule has 0 radical (unpaired) electrons. The van der Waals surface area contributed by atoms with E-state index < -0.39 is 11.7 Å². The summed E-state index contributed by atoms with van der Waals surface area (Å²) >= 11 is 12.7. The van der Waals surface area contributed by atoms with E-state index in [1.54, 1.807) is 18.2 Å². The Bertz CT molecular complexity index is 993. The summed E-state index contributed by atoms with van der Waals surface area (Å²) in [5, 5.41) is 10.8. The van der Waals surface area contributed by atoms with Crippen molar-refractivity contribution < 1.29 is 18.0 Å². The van der Waals surface area contributed by atoms with E-state index >= 15 is 0 Å². The fourth-order valence-electron chi connectivity index (χ4n) is 2.22. The molecule has 0 bridgehead atoms. The molecular formula is C16H11Cl2F3N4OS. The van der Waals surface area contributed by atoms with Crippen molar-refractivity contribution in [1.29, 1.82) is 0 Å². The van der Waals surface area contributed by atoms with Crippen LogP contribution >= 0.6 is 35.0 Å². The molecule has 0 atom stereocenters. The number of amides is 1. The number of aromatic nitrogens is 3. The molecule has 0 unspecified atom stereocenters. The second-order valence-electron chi connectivity index (χ2n) is 5.45. The fourth-order valence-corrected chi connectivity index (χ4v) is 3.41. The van der Waals surface area contributed by atoms with Crippen LogP contribution in [0.25, 0.3) is 5.65 Å². The molecule has 0 aliphatic carbocycles. The second kappa shape index (κ2) is 7.95. The molecule has 11 heteroatoms. The van der Waals surface area contributed by atoms with Crippen molar-refractivity contribution >= 4 is 46.5 Å². The maximum Gasteiger partial charge on any atom is 0.417 e. The molecule has 0 aliphatic rings. The Kier molecular flexibility index (Phi) is 5.83. The van der Waals surface area contributed by atoms with Crippen molar-refractivity contribution in [3.05, 3.63) is 57.7 Å². The van der Waals surface area contributed by atoms with Crippen LogP contribution in [0.15, 0.2) is 41.7 Å². The van der Waals surface area contributed by atoms with Gasteiger partial charge in [0.2, 0.25) is 5.91 Å². The molecule has 27 heavy (non-hydrogen) atoms. The fraction of sp³-hybridized carbons (Fsp3) is 0.188. The summed E-state index contributed by atoms with van der Waals surface area (Å²) in [5.41, 5.74) is -0.00561. The number of hydrogen-bond donors (Lipinski definition) is 1. The van der Waals surface area contributed by atoms with Crippen LogP contribution in [0.2, 0.25) is 10.0 Å². The summed E-state index contributed by atoms with van der Waals surface area (Å²) in [7, 11) is 0. The number of carbonyl (C=O) groups is 1. The van der Waals surface area contributed by atoms with Crippen molar-refractivity contribution in [2.75, 3.05) is 5.75 Å². The zero-order chi connectivity index (χ0) is 19.6. The van der Waals surface area contributed by atoms with Crippen LogP contribution in [-0.2, 0) is 17.5 Å². The molecule has 0 fully saturated rings. The van der Waals surface area contributed by atoms with E-state index in [1.807, 2.05) is 6.07 Å². The van der Waals surface area contributed by atoms with Gasteiger partial charge in [-0.2, -0.15) is 13.2 Å². The molecule has 2 aromatic heterocycles. The van der Waals surface area contributed by atoms with E-state index in [0.717, 1.165) is 34.0 Å². The number of benzene rings is 1. The van der Waals surface area contributed by atoms with E-state index in [-0.39, 0.29) is 34.0 Å². The lowest BCUT2D eigenvalue weighted by molar-refractivity contribution is -0.137. The van der Waals surface area contributed by atoms with Gasteiger partial charge in [-0.25, -0.2) is 0 Å². The molecule has 3 rings (SSSR count). The van der Waals surface area contributed by atoms with Gasteiger partial charge < -0.3 is 5.32 Å². The van der Waals surface area contributed by atoms with Crippen molar-refractivity contribution in [1.82, 2.24) is 19.9 Å². The topological polar surface area (TPSA) is 59.3 Å². The molecule has 0 saturated carbocycles. The monoisotopic (exact) mass is 434 g/mol. The van der Waals surface area contributed by atoms with E-state index in [9.17, 15) is 18.0 Å². The SMILES string of the molecule is O=C(CSc1nnc2c(Cl)cc(C(F)(F)F)cn12)NCc1cccc(Cl)c1. The highest BCUT2D eigenvalue weighted by atomic mass is 35.5. The van der Waals surface area contributed by atoms with Gasteiger partial charge in [-0.15, -0.1) is 10.2 Å². The molecule has 0 spiro atoms. The van der Waals surface area contributed by atoms with Gasteiger partial charge in [0.25, 0.3) is 0 Å². The summed E-state index contributed by atoms with van der Waals surface area (Å²) in [6, 6.07) is 7.81. The number of rotatable bonds is 5. The van der Waals surface area contributed by atoms with Crippen molar-refractivity contribution in [3.8, 4) is 0 Å². The number of halogens is 5. The van der Waals surface area contributed by atoms with Crippen LogP contribution in [0.4, 0.5) is 13.2 Å². The number of hydrogen-bond acceptors (Lipinski definition) is 4. The maximum atomic E-state index is 12.9. The third kappa shape index (κ3) is 4.85. The van der Waals surface area contributed by atoms with Gasteiger partial charge in [0, 0.05) is 17.8 Å². The van der Waals surface area contributed by atoms with E-state index in [4.69, 9.17) is 23.2 Å². The highest BCUT2D eigenvalue weighted by Gasteiger charge is 2.32. The third-order valence-electron chi connectivity index (χ3n) is 3.47. The van der Waals surface area contributed by atoms with Crippen LogP contribution in [-0.4, -0.2) is 26.3 Å². The van der Waals surface area contributed by atoms with Crippen LogP contribution in [0.3, 0.4) is 0 Å². The van der Waals surface area contributed by atoms with Crippen LogP contribution in [0.5, 0.6) is 0 Å². The predicted molar refractivity (Wildman–Crippen MR) is 97.0 cm³/mol. The number of pyridine rings is 1. The number of nitrogens with one attached hydrogen (secondary N) is 1. The van der Waals surface area contributed by atoms with Crippen molar-refractivity contribution in [2.45, 2.75) is 17.9 Å². The molecule has 5 nitrogen and oxygen atoms in total. The molecule has 2 heterocycles. The lowest BCUT2D eigenvalue weighted by atomic mass is 10.2. The Balaban J connectivity index is 1.68. The molecule has 0 saturated heterocycles. The first-order valence-corrected chi connectivity index (χ1v) is 9.23. The van der Waals surface area contributed by atoms with Crippen molar-refractivity contribution in [3.63, 3.8) is 0 Å². The minimum absolute atomic E-state index is 0.0464. The van der Waals surface area contributed by atoms with Crippen LogP contribution in [0, 0.1) is 0 Å². The molecule has 3 aromatic rings. The summed E-state index contributed by atoms with van der Waals surface area (Å²) < 4.78 is 40.0. The Hall–Kier alpha value is -1.97. The maximum absolute atomic E-state index is 12.9. The Labute approximate surface area is 165 Å². The normalized spacial score (nSPS) is 11.7. The van der Waals surface area contributed by atoms with Gasteiger partial charge in [-0.1, -0.05) is 47.1 Å². The van der Waals surface area contributed by atoms with Crippen LogP contribution < -0.4 is 5.32 Å². The van der Waals surface area contributed by atoms with Gasteiger partial charge in [0.15, 0.2) is 10.8 Å². The largest absolute Gasteiger partial charge is 0.417 e. The van der Waals surface area contributed by atoms with Gasteiger partial charge in [-0.05, 0) is 23.8 Å². The summed E-state index contributed by atoms with van der Waals surface area (Å²) in [6.45, 7) is 0.282. The van der Waals surface area contributed by atoms with E-state index in [2.05, 4.69) is 15.5 Å². The molecule has 0 aliphatic heterocycles. The number of alkyl halides is 3. The molecule has 1 N–H and O–H groups in total. The highest BCUT2D eigenvalue weighted by Crippen LogP contribution is 2.33. The van der Waals surface area contributed by atoms with Gasteiger partial charge in [0.1, 0.15) is 0 Å². The predicted octanol–water partition coefficient (Wildman–Crippen LogP) is 4.46. The Morgan fingerprint density at radius 3 is 2.70 bits per heavy atom. The third-order valence-corrected chi connectivity index (χ3v) is 4.92. The second-order valence-corrected chi connectivity index (χ2v) is 7.23. The lowest BCUT2D eigenvalue weighted by Gasteiger charge is -2.09. The van der Waals surface area contributed by atoms with Gasteiger partial charge >= 0.3 is 6.18 Å². The molecule has 1 aromatic carbocycles. The van der Waals surface area contributed by atoms with Crippen LogP contribution in [0.1, 0.15) is 11.1 Å². The number of carbonyl (C=O) groups excluding carboxylic acids is 1. The Morgan fingerprint density at radius 2 is 2.00 bits per heavy atom. The first kappa shape index (κ1) is 19.8. The van der Waals surface area contributed by atoms with E-state index in [1.165, 1.54) is 0 Å². The van der Waals surface area contributed by atoms with Crippen molar-refractivity contribution in [2.24, 2.45) is 0 Å². The first-order valence-electron chi connectivity index (χ1n) is 7.49. The smallest absolute Gasteiger partial charge is 0.351 e. The molecule has 142 valence electrons. The van der Waals surface area contributed by atoms with Gasteiger partial charge in [-0.3, -0.25) is 9.20 Å². The quantitative estimate of drug-likeness (QED) is 0.602. The first-order chi connectivity index (χ1) is 12.7. The molecule has 1 amide bonds. The zero-order valence-corrected chi connectivity index (χ0v) is 15.8. The standard InChI is InChI=1S/C16H11Cl2F3N4OS/c17-11-3-1-2-9(4-11)6-22-13(26)8-27-15-24-23-14-12(18)5-10(7-25(14)15)16(19,20)21/h1-5,7H,6,8H2,(H,22,26). The number of nitrogens with zero attached hydrogens (tertiary/aromatic N) is 3. The van der Waals surface area contributed by atoms with Gasteiger partial charge in [0.05, 0.1) is 16.3 Å². The zero-order valence-electron chi connectivity index (χ0n) is 13.4. The average molecular weight is 435 g/mol. The summed E-state index contributed by atoms with van der Waals surface area (Å²) in [6.07, 6.45) is -3.70. The number of fused-ring (bicyclic) bond motifs is 1. The minimum atomic E-state index is -4.56. The summed E-state index contributed by atoms with van der Waals surface area (Å²) in [4.78, 5) is 12.0. The average Bonchev–Trinajstić information content (AvgIpc) is 3.01. The highest BCUT2D eigenvalue weighted by molar-refractivity contribution is 7.99. The summed E-state index contributed by atoms with van der Waals surface area (Å²) in [5.74, 6) is -0.357. The minimum Gasteiger partial charge on any atom is -0.351 e. The lowest BCUT2D eigenvalue weighted by Crippen LogP contribution is -2.24. The van der Waals surface area contributed by atoms with E-state index in [0.29, 0.717) is 5.02 Å². The Morgan fingerprint density at radius 1 is 1.22 bits per heavy atom. The number of thioether (sulfide) groups is 1.